The summed E-state index contributed by atoms with van der Waals surface area (Å²) in [5.41, 5.74) is 5.17. The minimum atomic E-state index is -0.779. The molecule has 0 aliphatic heterocycles. The monoisotopic (exact) mass is 153 g/mol. The lowest BCUT2D eigenvalue weighted by atomic mass is 9.74. The van der Waals surface area contributed by atoms with Crippen molar-refractivity contribution in [2.24, 2.45) is 17.1 Å². The molecule has 1 aliphatic rings. The molecular weight excluding hydrogens is 138 g/mol. The Kier molecular flexibility index (Phi) is 2.16. The third kappa shape index (κ3) is 1.37. The number of nitrogens with two attached hydrogens (primary N) is 1. The van der Waals surface area contributed by atoms with Gasteiger partial charge in [-0.2, -0.15) is 0 Å². The fourth-order valence-electron chi connectivity index (χ4n) is 1.22. The molecule has 0 radical (unpaired) electrons. The molecule has 0 aromatic carbocycles. The van der Waals surface area contributed by atoms with Gasteiger partial charge in [-0.05, 0) is 5.92 Å². The van der Waals surface area contributed by atoms with Crippen LogP contribution < -0.4 is 5.73 Å². The maximum Gasteiger partial charge on any atom is 0.111 e. The molecule has 0 aromatic rings. The Balaban J connectivity index is 2.85. The maximum absolute atomic E-state index is 9.30. The van der Waals surface area contributed by atoms with Crippen molar-refractivity contribution in [2.45, 2.75) is 20.1 Å². The van der Waals surface area contributed by atoms with Crippen LogP contribution in [0.4, 0.5) is 0 Å². The van der Waals surface area contributed by atoms with Crippen molar-refractivity contribution in [1.29, 1.82) is 0 Å². The van der Waals surface area contributed by atoms with Gasteiger partial charge in [0, 0.05) is 5.41 Å². The van der Waals surface area contributed by atoms with Gasteiger partial charge in [0.15, 0.2) is 0 Å². The molecule has 3 N–H and O–H groups in total. The predicted molar refractivity (Wildman–Crippen MR) is 45.7 cm³/mol. The largest absolute Gasteiger partial charge is 0.378 e. The minimum Gasteiger partial charge on any atom is -0.378 e. The summed E-state index contributed by atoms with van der Waals surface area (Å²) in [7, 11) is 0. The van der Waals surface area contributed by atoms with E-state index in [4.69, 9.17) is 5.73 Å². The number of aliphatic hydroxyl groups is 1. The van der Waals surface area contributed by atoms with Gasteiger partial charge in [0.25, 0.3) is 0 Å². The molecule has 11 heavy (non-hydrogen) atoms. The normalized spacial score (nSPS) is 39.1. The van der Waals surface area contributed by atoms with Gasteiger partial charge in [-0.15, -0.1) is 0 Å². The minimum absolute atomic E-state index is 0.297. The second kappa shape index (κ2) is 2.80. The topological polar surface area (TPSA) is 46.2 Å². The van der Waals surface area contributed by atoms with Crippen LogP contribution in [0.1, 0.15) is 13.8 Å². The smallest absolute Gasteiger partial charge is 0.111 e. The van der Waals surface area contributed by atoms with Gasteiger partial charge >= 0.3 is 0 Å². The molecule has 0 aromatic heterocycles. The van der Waals surface area contributed by atoms with Crippen molar-refractivity contribution in [3.8, 4) is 0 Å². The van der Waals surface area contributed by atoms with E-state index in [1.165, 1.54) is 0 Å². The summed E-state index contributed by atoms with van der Waals surface area (Å²) in [6.07, 6.45) is 7.14. The van der Waals surface area contributed by atoms with Crippen molar-refractivity contribution in [3.05, 3.63) is 24.3 Å². The van der Waals surface area contributed by atoms with Gasteiger partial charge in [0.2, 0.25) is 0 Å². The number of allylic oxidation sites excluding steroid dienone is 3. The van der Waals surface area contributed by atoms with Crippen molar-refractivity contribution in [2.75, 3.05) is 0 Å². The van der Waals surface area contributed by atoms with Gasteiger partial charge < -0.3 is 10.8 Å². The molecular formula is C9H15NO. The molecule has 0 spiro atoms. The lowest BCUT2D eigenvalue weighted by Crippen LogP contribution is -2.42. The van der Waals surface area contributed by atoms with Crippen LogP contribution in [-0.4, -0.2) is 11.3 Å². The molecule has 0 heterocycles. The predicted octanol–water partition coefficient (Wildman–Crippen LogP) is 1.03. The van der Waals surface area contributed by atoms with Crippen molar-refractivity contribution >= 4 is 0 Å². The molecule has 2 heteroatoms. The molecule has 1 aliphatic carbocycles. The highest BCUT2D eigenvalue weighted by atomic mass is 16.3. The zero-order chi connectivity index (χ0) is 8.48. The number of hydrogen-bond acceptors (Lipinski definition) is 2. The van der Waals surface area contributed by atoms with Crippen LogP contribution in [0.5, 0.6) is 0 Å². The number of rotatable bonds is 1. The van der Waals surface area contributed by atoms with Gasteiger partial charge in [-0.3, -0.25) is 0 Å². The van der Waals surface area contributed by atoms with Crippen LogP contribution in [0.15, 0.2) is 24.3 Å². The average Bonchev–Trinajstić information content (AvgIpc) is 1.95. The molecule has 0 unspecified atom stereocenters. The third-order valence-electron chi connectivity index (χ3n) is 2.58. The molecule has 0 fully saturated rings. The summed E-state index contributed by atoms with van der Waals surface area (Å²) < 4.78 is 0. The highest BCUT2D eigenvalue weighted by Crippen LogP contribution is 2.34. The average molecular weight is 153 g/mol. The second-order valence-electron chi connectivity index (χ2n) is 3.34. The van der Waals surface area contributed by atoms with Crippen LogP contribution in [0.3, 0.4) is 0 Å². The molecule has 2 nitrogen and oxygen atoms in total. The Bertz CT molecular complexity index is 196. The highest BCUT2D eigenvalue weighted by molar-refractivity contribution is 5.19. The van der Waals surface area contributed by atoms with E-state index in [-0.39, 0.29) is 5.41 Å². The van der Waals surface area contributed by atoms with Gasteiger partial charge in [-0.25, -0.2) is 0 Å². The summed E-state index contributed by atoms with van der Waals surface area (Å²) in [5.74, 6) is 0.299. The summed E-state index contributed by atoms with van der Waals surface area (Å²) >= 11 is 0. The van der Waals surface area contributed by atoms with Crippen LogP contribution in [0.25, 0.3) is 0 Å². The first-order chi connectivity index (χ1) is 5.07. The first-order valence-corrected chi connectivity index (χ1v) is 3.87. The summed E-state index contributed by atoms with van der Waals surface area (Å²) in [6, 6.07) is 0. The molecule has 1 rings (SSSR count). The molecule has 0 bridgehead atoms. The summed E-state index contributed by atoms with van der Waals surface area (Å²) in [5, 5.41) is 9.30. The second-order valence-corrected chi connectivity index (χ2v) is 3.34. The van der Waals surface area contributed by atoms with Crippen molar-refractivity contribution in [3.63, 3.8) is 0 Å². The van der Waals surface area contributed by atoms with E-state index in [0.717, 1.165) is 0 Å². The van der Waals surface area contributed by atoms with E-state index in [2.05, 4.69) is 13.0 Å². The Morgan fingerprint density at radius 2 is 2.18 bits per heavy atom. The number of hydrogen-bond donors (Lipinski definition) is 2. The Morgan fingerprint density at radius 3 is 2.55 bits per heavy atom. The van der Waals surface area contributed by atoms with Crippen molar-refractivity contribution in [1.82, 2.24) is 0 Å². The Hall–Kier alpha value is -0.600. The van der Waals surface area contributed by atoms with E-state index in [0.29, 0.717) is 5.92 Å². The fourth-order valence-corrected chi connectivity index (χ4v) is 1.22. The third-order valence-corrected chi connectivity index (χ3v) is 2.58. The van der Waals surface area contributed by atoms with Crippen LogP contribution in [0, 0.1) is 11.3 Å². The zero-order valence-corrected chi connectivity index (χ0v) is 6.99. The van der Waals surface area contributed by atoms with E-state index in [1.807, 2.05) is 25.2 Å². The zero-order valence-electron chi connectivity index (χ0n) is 6.99. The van der Waals surface area contributed by atoms with Gasteiger partial charge in [0.1, 0.15) is 6.23 Å². The van der Waals surface area contributed by atoms with Gasteiger partial charge in [0.05, 0.1) is 0 Å². The van der Waals surface area contributed by atoms with E-state index < -0.39 is 6.23 Å². The standard InChI is InChI=1S/C9H15NO/c1-7-5-3-4-6-9(7,2)8(10)11/h3-8,11H,10H2,1-2H3/t7-,8-,9+/m1/s1. The lowest BCUT2D eigenvalue weighted by Gasteiger charge is -2.35. The van der Waals surface area contributed by atoms with Crippen LogP contribution in [0.2, 0.25) is 0 Å². The number of aliphatic hydroxyl groups excluding tert-OH is 1. The first-order valence-electron chi connectivity index (χ1n) is 3.87. The Labute approximate surface area is 67.4 Å². The van der Waals surface area contributed by atoms with E-state index >= 15 is 0 Å². The Morgan fingerprint density at radius 1 is 1.55 bits per heavy atom. The SMILES string of the molecule is C[C@@H]1C=CC=C[C@]1(C)[C@H](N)O. The molecule has 0 amide bonds. The summed E-state index contributed by atoms with van der Waals surface area (Å²) in [4.78, 5) is 0. The van der Waals surface area contributed by atoms with Crippen LogP contribution >= 0.6 is 0 Å². The fraction of sp³-hybridized carbons (Fsp3) is 0.556. The molecule has 3 atom stereocenters. The highest BCUT2D eigenvalue weighted by Gasteiger charge is 2.33. The quantitative estimate of drug-likeness (QED) is 0.553. The van der Waals surface area contributed by atoms with Crippen molar-refractivity contribution < 1.29 is 5.11 Å². The van der Waals surface area contributed by atoms with E-state index in [1.54, 1.807) is 0 Å². The lowest BCUT2D eigenvalue weighted by molar-refractivity contribution is 0.0515. The molecule has 62 valence electrons. The first kappa shape index (κ1) is 8.50. The molecule has 0 saturated carbocycles. The maximum atomic E-state index is 9.30. The molecule has 0 saturated heterocycles. The van der Waals surface area contributed by atoms with Gasteiger partial charge in [-0.1, -0.05) is 38.2 Å². The van der Waals surface area contributed by atoms with E-state index in [9.17, 15) is 5.11 Å². The van der Waals surface area contributed by atoms with Crippen LogP contribution in [-0.2, 0) is 0 Å². The summed E-state index contributed by atoms with van der Waals surface area (Å²) in [6.45, 7) is 4.01.